The number of aryl methyl sites for hydroxylation is 6. The van der Waals surface area contributed by atoms with Gasteiger partial charge in [0.15, 0.2) is 5.65 Å². The average molecular weight is 1950 g/mol. The summed E-state index contributed by atoms with van der Waals surface area (Å²) < 4.78 is 15.7. The van der Waals surface area contributed by atoms with Crippen LogP contribution in [-0.4, -0.2) is 128 Å². The van der Waals surface area contributed by atoms with E-state index in [1.807, 2.05) is 104 Å². The zero-order valence-corrected chi connectivity index (χ0v) is 90.4. The van der Waals surface area contributed by atoms with Crippen molar-refractivity contribution in [1.29, 1.82) is 0 Å². The van der Waals surface area contributed by atoms with Crippen LogP contribution in [0.3, 0.4) is 0 Å². The van der Waals surface area contributed by atoms with Crippen molar-refractivity contribution in [2.75, 3.05) is 19.6 Å². The van der Waals surface area contributed by atoms with Crippen molar-refractivity contribution in [3.8, 4) is 0 Å². The van der Waals surface area contributed by atoms with Crippen LogP contribution in [0.1, 0.15) is 327 Å². The lowest BCUT2D eigenvalue weighted by Crippen LogP contribution is -2.36. The third-order valence-electron chi connectivity index (χ3n) is 27.4. The van der Waals surface area contributed by atoms with E-state index in [1.54, 1.807) is 33.2 Å². The van der Waals surface area contributed by atoms with Crippen LogP contribution in [0, 0.1) is 34.6 Å². The third-order valence-corrected chi connectivity index (χ3v) is 28.2. The van der Waals surface area contributed by atoms with Gasteiger partial charge in [-0.1, -0.05) is 188 Å². The van der Waals surface area contributed by atoms with Crippen LogP contribution >= 0.6 is 11.3 Å². The maximum Gasteiger partial charge on any atom is 0.154 e. The molecule has 0 saturated heterocycles. The highest BCUT2D eigenvalue weighted by Gasteiger charge is 2.28. The lowest BCUT2D eigenvalue weighted by Gasteiger charge is -2.31. The van der Waals surface area contributed by atoms with Crippen molar-refractivity contribution in [3.05, 3.63) is 369 Å². The molecule has 3 aliphatic rings. The highest BCUT2D eigenvalue weighted by Crippen LogP contribution is 2.39. The van der Waals surface area contributed by atoms with Gasteiger partial charge in [-0.3, -0.25) is 9.80 Å². The summed E-state index contributed by atoms with van der Waals surface area (Å²) in [4.78, 5) is 45.5. The molecule has 0 amide bonds. The Balaban J connectivity index is 0.000000151. The first-order valence-corrected chi connectivity index (χ1v) is 52.0. The second kappa shape index (κ2) is 51.3. The number of aromatic nitrogens is 18. The van der Waals surface area contributed by atoms with Gasteiger partial charge < -0.3 is 36.5 Å². The molecular formula is C123H162N20S. The highest BCUT2D eigenvalue weighted by molar-refractivity contribution is 7.16. The molecule has 2 N–H and O–H groups in total. The molecule has 0 fully saturated rings. The van der Waals surface area contributed by atoms with E-state index in [2.05, 4.69) is 438 Å². The van der Waals surface area contributed by atoms with Gasteiger partial charge in [-0.15, -0.1) is 11.3 Å². The Morgan fingerprint density at radius 1 is 0.368 bits per heavy atom. The third kappa shape index (κ3) is 28.3. The summed E-state index contributed by atoms with van der Waals surface area (Å²) in [5, 5.41) is 6.65. The first kappa shape index (κ1) is 111. The molecule has 2 aliphatic heterocycles. The number of fused-ring (bicyclic) bond motifs is 12. The Hall–Kier alpha value is -13.2. The molecule has 20 nitrogen and oxygen atoms in total. The van der Waals surface area contributed by atoms with Crippen LogP contribution in [0.25, 0.3) is 71.6 Å². The van der Waals surface area contributed by atoms with Crippen molar-refractivity contribution < 1.29 is 0 Å². The molecule has 0 atom stereocenters. The maximum atomic E-state index is 4.31. The molecule has 0 unspecified atom stereocenters. The van der Waals surface area contributed by atoms with Crippen LogP contribution in [-0.2, 0) is 26.4 Å². The molecule has 17 aromatic heterocycles. The zero-order chi connectivity index (χ0) is 102. The van der Waals surface area contributed by atoms with Gasteiger partial charge in [-0.2, -0.15) is 5.10 Å². The number of thiazole rings is 1. The minimum absolute atomic E-state index is 0. The predicted molar refractivity (Wildman–Crippen MR) is 610 cm³/mol. The second-order valence-electron chi connectivity index (χ2n) is 41.3. The van der Waals surface area contributed by atoms with Gasteiger partial charge in [-0.05, 0) is 307 Å². The Morgan fingerprint density at radius 3 is 1.53 bits per heavy atom. The Morgan fingerprint density at radius 2 is 0.903 bits per heavy atom. The number of nitrogens with one attached hydrogen (secondary N) is 2. The van der Waals surface area contributed by atoms with E-state index in [1.165, 1.54) is 160 Å². The Labute approximate surface area is 861 Å². The first-order valence-electron chi connectivity index (χ1n) is 51.1. The van der Waals surface area contributed by atoms with Gasteiger partial charge in [-0.25, -0.2) is 44.4 Å². The van der Waals surface area contributed by atoms with Gasteiger partial charge in [0.05, 0.1) is 21.9 Å². The summed E-state index contributed by atoms with van der Waals surface area (Å²) in [5.74, 6) is 5.15. The normalized spacial score (nSPS) is 12.7. The van der Waals surface area contributed by atoms with E-state index in [0.717, 1.165) is 51.6 Å². The molecule has 21 heteroatoms. The number of benzene rings is 3. The van der Waals surface area contributed by atoms with E-state index in [4.69, 9.17) is 0 Å². The molecule has 3 aromatic carbocycles. The average Bonchev–Trinajstić information content (AvgIpc) is 1.62. The fourth-order valence-electron chi connectivity index (χ4n) is 18.7. The molecule has 23 rings (SSSR count). The lowest BCUT2D eigenvalue weighted by atomic mass is 9.97. The number of hydrogen-bond donors (Lipinski definition) is 2. The SMILES string of the molecule is C.C.CC(C)N1CCC2=C(Cc3ccccc32)C1.CC(C)N1CCc2[nH]ccc2C1.CC(C)c1ccc2c(ccn2C)c1.CC(C)c1ccc2nccn2c1.CC(C)c1ccc2scnc2c1.CC(C)c1cnc2[nH]ccc2c1.CC(C)c1cnc2ccnn2c1.Cc1c(C(C)C)ccc2nccn12.Cc1cc2nccn2c(C)c1C(C)C.Cc1cc2nccn2cc1C(C)C.Cc1cc2nccn2cc1C(C)C. The molecule has 144 heavy (non-hydrogen) atoms. The van der Waals surface area contributed by atoms with E-state index < -0.39 is 0 Å². The predicted octanol–water partition coefficient (Wildman–Crippen LogP) is 31.3. The summed E-state index contributed by atoms with van der Waals surface area (Å²) in [6.45, 7) is 64.2. The smallest absolute Gasteiger partial charge is 0.154 e. The van der Waals surface area contributed by atoms with Crippen molar-refractivity contribution in [2.45, 2.75) is 293 Å². The summed E-state index contributed by atoms with van der Waals surface area (Å²) >= 11 is 1.70. The van der Waals surface area contributed by atoms with Gasteiger partial charge in [0.2, 0.25) is 0 Å². The van der Waals surface area contributed by atoms with Crippen LogP contribution < -0.4 is 0 Å². The van der Waals surface area contributed by atoms with Crippen molar-refractivity contribution in [3.63, 3.8) is 0 Å². The van der Waals surface area contributed by atoms with Crippen molar-refractivity contribution in [1.82, 2.24) is 95.8 Å². The Bertz CT molecular complexity index is 7070. The van der Waals surface area contributed by atoms with Crippen molar-refractivity contribution >= 4 is 82.9 Å². The second-order valence-corrected chi connectivity index (χ2v) is 42.2. The molecule has 0 radical (unpaired) electrons. The summed E-state index contributed by atoms with van der Waals surface area (Å²) in [6, 6.07) is 48.8. The van der Waals surface area contributed by atoms with Crippen LogP contribution in [0.2, 0.25) is 0 Å². The first-order chi connectivity index (χ1) is 68.0. The van der Waals surface area contributed by atoms with E-state index in [-0.39, 0.29) is 14.9 Å². The minimum atomic E-state index is 0. The van der Waals surface area contributed by atoms with E-state index >= 15 is 0 Å². The summed E-state index contributed by atoms with van der Waals surface area (Å²) in [6.07, 6.45) is 42.9. The zero-order valence-electron chi connectivity index (χ0n) is 89.6. The van der Waals surface area contributed by atoms with Gasteiger partial charge in [0, 0.05) is 204 Å². The monoisotopic (exact) mass is 1950 g/mol. The van der Waals surface area contributed by atoms with Crippen molar-refractivity contribution in [2.24, 2.45) is 7.05 Å². The molecule has 1 aliphatic carbocycles. The molecule has 0 spiro atoms. The number of pyridine rings is 6. The van der Waals surface area contributed by atoms with Gasteiger partial charge >= 0.3 is 0 Å². The fraction of sp³-hybridized carbons (Fsp3) is 0.390. The van der Waals surface area contributed by atoms with Crippen LogP contribution in [0.15, 0.2) is 268 Å². The van der Waals surface area contributed by atoms with Gasteiger partial charge in [0.1, 0.15) is 33.9 Å². The largest absolute Gasteiger partial charge is 0.365 e. The quantitative estimate of drug-likeness (QED) is 0.126. The maximum absolute atomic E-state index is 4.31. The number of H-pyrrole nitrogens is 2. The molecule has 20 aromatic rings. The lowest BCUT2D eigenvalue weighted by molar-refractivity contribution is 0.203. The minimum Gasteiger partial charge on any atom is -0.365 e. The van der Waals surface area contributed by atoms with E-state index in [9.17, 15) is 0 Å². The molecule has 0 bridgehead atoms. The fourth-order valence-corrected chi connectivity index (χ4v) is 19.4. The topological polar surface area (TPSA) is 185 Å². The molecular weight excluding hydrogens is 1790 g/mol. The molecule has 0 saturated carbocycles. The standard InChI is InChI=1S/C15H19N.C12H16N2.C12H15N.3C11H14N2.C10H16N2.2C10H12N2.C10H11NS.C9H11N3.2CH4/c1-11(2)16-8-7-15-13(10-16)9-12-5-3-4-6-14(12)15;1-8(2)12-9(3)7-11-13-5-6-14(11)10(12)4;1-9(2)10-4-5-12-11(8-10)6-7-13(12)3;2*1-8(2)10-7-13-5-4-12-11(13)6-9(10)3;1-8(2)10-4-5-11-12-6-7-13(11)9(10)3;1-8(2)12-6-4-10-9(7-12)3-5-11-10;1-7(2)9-5-8-3-4-11-10(8)12-6-9;1-8(2)9-3-4-10-11-5-6-12(10)7-9;1-7(2)8-3-4-10-9(5-8)11-6-12-10;1-7(2)8-5-10-9-3-4-11-12(9)6-8;;/h3-6,11H,7-10H2,1-2H3;5-8H,1-4H3;4-9H,1-3H3;3*4-8H,1-3H3;3,5,8,11H,4,6-7H2,1-2H3;3-7H,1-2H3,(H,11,12);3-8H,1-2H3;2*3-7H,1-2H3;2*1H4. The summed E-state index contributed by atoms with van der Waals surface area (Å²) in [7, 11) is 2.08. The van der Waals surface area contributed by atoms with E-state index in [0.29, 0.717) is 65.3 Å². The highest BCUT2D eigenvalue weighted by atomic mass is 32.1. The number of aromatic amines is 2. The number of hydrogen-bond acceptors (Lipinski definition) is 12. The number of nitrogens with zero attached hydrogens (tertiary/aromatic N) is 18. The molecule has 760 valence electrons. The summed E-state index contributed by atoms with van der Waals surface area (Å²) in [5.41, 5.74) is 39.5. The van der Waals surface area contributed by atoms with Gasteiger partial charge in [0.25, 0.3) is 0 Å². The number of rotatable bonds is 11. The van der Waals surface area contributed by atoms with Crippen LogP contribution in [0.4, 0.5) is 0 Å². The Kier molecular flexibility index (Phi) is 39.6. The number of imidazole rings is 5. The molecule has 19 heterocycles. The van der Waals surface area contributed by atoms with Crippen LogP contribution in [0.5, 0.6) is 0 Å².